The smallest absolute Gasteiger partial charge is 0.326 e. The third kappa shape index (κ3) is 7.40. The maximum absolute atomic E-state index is 13.3. The minimum absolute atomic E-state index is 0.00104. The number of ether oxygens (including phenoxy) is 1. The highest BCUT2D eigenvalue weighted by molar-refractivity contribution is 6.31. The van der Waals surface area contributed by atoms with Crippen LogP contribution in [0.2, 0.25) is 5.02 Å². The lowest BCUT2D eigenvalue weighted by molar-refractivity contribution is -0.142. The highest BCUT2D eigenvalue weighted by atomic mass is 35.5. The molecule has 2 aromatic rings. The number of pyridine rings is 1. The number of fused-ring (bicyclic) bond motifs is 1. The summed E-state index contributed by atoms with van der Waals surface area (Å²) in [7, 11) is 1.75. The van der Waals surface area contributed by atoms with Crippen LogP contribution in [0.25, 0.3) is 0 Å². The van der Waals surface area contributed by atoms with Crippen molar-refractivity contribution < 1.29 is 19.4 Å². The zero-order chi connectivity index (χ0) is 29.0. The molecule has 0 radical (unpaired) electrons. The van der Waals surface area contributed by atoms with Crippen molar-refractivity contribution in [2.75, 3.05) is 38.1 Å². The van der Waals surface area contributed by atoms with Crippen LogP contribution >= 0.6 is 11.6 Å². The van der Waals surface area contributed by atoms with Crippen LogP contribution < -0.4 is 10.6 Å². The summed E-state index contributed by atoms with van der Waals surface area (Å²) >= 11 is 6.33. The minimum Gasteiger partial charge on any atom is -0.480 e. The van der Waals surface area contributed by atoms with Gasteiger partial charge in [0.2, 0.25) is 5.91 Å². The number of nitrogens with zero attached hydrogens (tertiary/aromatic N) is 4. The Balaban J connectivity index is 1.14. The van der Waals surface area contributed by atoms with Crippen LogP contribution in [0.3, 0.4) is 0 Å². The number of carboxylic acid groups (broad SMARTS) is 1. The van der Waals surface area contributed by atoms with Crippen LogP contribution in [0, 0.1) is 0 Å². The quantitative estimate of drug-likeness (QED) is 0.255. The first-order valence-corrected chi connectivity index (χ1v) is 15.4. The molecule has 3 aliphatic rings. The van der Waals surface area contributed by atoms with Gasteiger partial charge in [0, 0.05) is 32.4 Å². The van der Waals surface area contributed by atoms with Crippen LogP contribution in [0.5, 0.6) is 0 Å². The Kier molecular flexibility index (Phi) is 9.21. The number of unbranched alkanes of at least 4 members (excludes halogenated alkanes) is 1. The molecule has 5 rings (SSSR count). The molecule has 2 aromatic heterocycles. The van der Waals surface area contributed by atoms with Gasteiger partial charge in [0.15, 0.2) is 0 Å². The average Bonchev–Trinajstić information content (AvgIpc) is 3.88. The number of hydrogen-bond acceptors (Lipinski definition) is 7. The summed E-state index contributed by atoms with van der Waals surface area (Å²) < 4.78 is 7.68. The van der Waals surface area contributed by atoms with Crippen LogP contribution in [-0.4, -0.2) is 81.1 Å². The summed E-state index contributed by atoms with van der Waals surface area (Å²) in [5, 5.41) is 20.8. The summed E-state index contributed by atoms with van der Waals surface area (Å²) in [6.45, 7) is 5.84. The van der Waals surface area contributed by atoms with Crippen LogP contribution in [-0.2, 0) is 39.6 Å². The van der Waals surface area contributed by atoms with Gasteiger partial charge >= 0.3 is 5.97 Å². The maximum Gasteiger partial charge on any atom is 0.326 e. The molecule has 1 amide bonds. The zero-order valence-corrected chi connectivity index (χ0v) is 25.0. The van der Waals surface area contributed by atoms with Gasteiger partial charge in [-0.3, -0.25) is 9.48 Å². The van der Waals surface area contributed by atoms with Crippen molar-refractivity contribution in [3.05, 3.63) is 40.3 Å². The molecule has 0 spiro atoms. The first kappa shape index (κ1) is 29.8. The normalized spacial score (nSPS) is 18.8. The summed E-state index contributed by atoms with van der Waals surface area (Å²) in [5.41, 5.74) is 2.25. The molecule has 1 atom stereocenters. The number of carbonyl (C=O) groups excluding carboxylic acids is 1. The van der Waals surface area contributed by atoms with Crippen molar-refractivity contribution in [2.24, 2.45) is 7.05 Å². The predicted octanol–water partition coefficient (Wildman–Crippen LogP) is 3.71. The van der Waals surface area contributed by atoms with E-state index in [1.807, 2.05) is 0 Å². The number of hydrogen-bond donors (Lipinski definition) is 3. The molecule has 0 saturated heterocycles. The van der Waals surface area contributed by atoms with Gasteiger partial charge in [-0.1, -0.05) is 17.7 Å². The van der Waals surface area contributed by atoms with Crippen molar-refractivity contribution in [1.29, 1.82) is 0 Å². The number of carboxylic acids is 1. The molecule has 11 heteroatoms. The molecule has 2 saturated carbocycles. The van der Waals surface area contributed by atoms with Crippen molar-refractivity contribution in [3.8, 4) is 0 Å². The number of aromatic nitrogens is 3. The van der Waals surface area contributed by atoms with Gasteiger partial charge in [-0.2, -0.15) is 5.10 Å². The lowest BCUT2D eigenvalue weighted by Crippen LogP contribution is -2.47. The van der Waals surface area contributed by atoms with Crippen molar-refractivity contribution in [2.45, 2.75) is 88.2 Å². The van der Waals surface area contributed by atoms with E-state index in [0.29, 0.717) is 43.1 Å². The monoisotopic (exact) mass is 586 g/mol. The van der Waals surface area contributed by atoms with Gasteiger partial charge in [-0.05, 0) is 89.3 Å². The Morgan fingerprint density at radius 1 is 1.22 bits per heavy atom. The van der Waals surface area contributed by atoms with E-state index in [9.17, 15) is 14.7 Å². The zero-order valence-electron chi connectivity index (χ0n) is 24.3. The molecule has 41 heavy (non-hydrogen) atoms. The number of halogens is 1. The highest BCUT2D eigenvalue weighted by Crippen LogP contribution is 2.50. The Bertz CT molecular complexity index is 1220. The molecular weight excluding hydrogens is 544 g/mol. The summed E-state index contributed by atoms with van der Waals surface area (Å²) in [4.78, 5) is 32.5. The van der Waals surface area contributed by atoms with Crippen LogP contribution in [0.4, 0.5) is 5.82 Å². The molecule has 1 unspecified atom stereocenters. The SMILES string of the molecule is Cn1ncc(Cl)c1C1(C(=O)NC(CCN(CCCCc2ccc3c(n2)NCCC3)CCOC2(C)CC2)C(=O)O)CC1. The minimum atomic E-state index is -1.03. The Morgan fingerprint density at radius 3 is 2.71 bits per heavy atom. The van der Waals surface area contributed by atoms with Crippen molar-refractivity contribution in [3.63, 3.8) is 0 Å². The highest BCUT2D eigenvalue weighted by Gasteiger charge is 2.55. The average molecular weight is 587 g/mol. The van der Waals surface area contributed by atoms with Gasteiger partial charge in [0.1, 0.15) is 11.9 Å². The first-order chi connectivity index (χ1) is 19.7. The third-order valence-electron chi connectivity index (χ3n) is 8.79. The van der Waals surface area contributed by atoms with E-state index in [0.717, 1.165) is 76.1 Å². The fraction of sp³-hybridized carbons (Fsp3) is 0.667. The number of amides is 1. The first-order valence-electron chi connectivity index (χ1n) is 15.0. The van der Waals surface area contributed by atoms with Crippen LogP contribution in [0.15, 0.2) is 18.3 Å². The second-order valence-corrected chi connectivity index (χ2v) is 12.5. The molecule has 3 N–H and O–H groups in total. The number of carbonyl (C=O) groups is 2. The van der Waals surface area contributed by atoms with E-state index in [2.05, 4.69) is 39.7 Å². The molecule has 10 nitrogen and oxygen atoms in total. The van der Waals surface area contributed by atoms with Gasteiger partial charge in [-0.15, -0.1) is 0 Å². The van der Waals surface area contributed by atoms with E-state index >= 15 is 0 Å². The summed E-state index contributed by atoms with van der Waals surface area (Å²) in [5.74, 6) is -0.292. The molecule has 3 heterocycles. The Labute approximate surface area is 247 Å². The van der Waals surface area contributed by atoms with E-state index in [4.69, 9.17) is 21.3 Å². The van der Waals surface area contributed by atoms with E-state index in [1.54, 1.807) is 11.7 Å². The molecule has 2 aliphatic carbocycles. The fourth-order valence-corrected chi connectivity index (χ4v) is 6.08. The number of aryl methyl sites for hydroxylation is 3. The molecule has 1 aliphatic heterocycles. The molecule has 2 fully saturated rings. The summed E-state index contributed by atoms with van der Waals surface area (Å²) in [6.07, 6.45) is 10.4. The van der Waals surface area contributed by atoms with Gasteiger partial charge < -0.3 is 25.4 Å². The van der Waals surface area contributed by atoms with Crippen molar-refractivity contribution in [1.82, 2.24) is 25.0 Å². The second kappa shape index (κ2) is 12.7. The lowest BCUT2D eigenvalue weighted by atomic mass is 10.00. The second-order valence-electron chi connectivity index (χ2n) is 12.1. The van der Waals surface area contributed by atoms with Crippen LogP contribution in [0.1, 0.15) is 75.2 Å². The van der Waals surface area contributed by atoms with Gasteiger partial charge in [0.05, 0.1) is 34.5 Å². The van der Waals surface area contributed by atoms with E-state index < -0.39 is 17.4 Å². The van der Waals surface area contributed by atoms with Gasteiger partial charge in [0.25, 0.3) is 0 Å². The van der Waals surface area contributed by atoms with E-state index in [1.165, 1.54) is 11.8 Å². The predicted molar refractivity (Wildman–Crippen MR) is 157 cm³/mol. The molecule has 224 valence electrons. The maximum atomic E-state index is 13.3. The van der Waals surface area contributed by atoms with E-state index in [-0.39, 0.29) is 11.5 Å². The molecule has 0 aromatic carbocycles. The van der Waals surface area contributed by atoms with Crippen molar-refractivity contribution >= 4 is 29.3 Å². The summed E-state index contributed by atoms with van der Waals surface area (Å²) in [6, 6.07) is 3.35. The molecular formula is C30H43ClN6O4. The topological polar surface area (TPSA) is 122 Å². The largest absolute Gasteiger partial charge is 0.480 e. The standard InChI is InChI=1S/C30H43ClN6O4/c1-29(11-12-29)41-19-18-37(16-4-3-7-22-9-8-21-6-5-15-32-26(21)34-22)17-10-24(27(38)39)35-28(40)30(13-14-30)25-23(31)20-33-36(25)2/h8-9,20,24H,3-7,10-19H2,1-2H3,(H,32,34)(H,35,40)(H,38,39). The molecule has 0 bridgehead atoms. The number of aliphatic carboxylic acids is 1. The Morgan fingerprint density at radius 2 is 2.02 bits per heavy atom. The number of rotatable bonds is 16. The number of anilines is 1. The lowest BCUT2D eigenvalue weighted by Gasteiger charge is -2.26. The van der Waals surface area contributed by atoms with Gasteiger partial charge in [-0.25, -0.2) is 9.78 Å². The number of nitrogens with one attached hydrogen (secondary N) is 2. The third-order valence-corrected chi connectivity index (χ3v) is 9.07. The fourth-order valence-electron chi connectivity index (χ4n) is 5.74. The Hall–Kier alpha value is -2.69.